The number of aromatic nitrogens is 1. The van der Waals surface area contributed by atoms with Gasteiger partial charge in [0, 0.05) is 26.6 Å². The van der Waals surface area contributed by atoms with Gasteiger partial charge in [-0.2, -0.15) is 4.98 Å². The summed E-state index contributed by atoms with van der Waals surface area (Å²) >= 11 is 0. The van der Waals surface area contributed by atoms with Gasteiger partial charge in [0.05, 0.1) is 0 Å². The van der Waals surface area contributed by atoms with Gasteiger partial charge in [-0.05, 0) is 5.56 Å². The maximum Gasteiger partial charge on any atom is 0.300 e. The molecule has 0 aliphatic rings. The van der Waals surface area contributed by atoms with E-state index in [0.717, 1.165) is 5.56 Å². The second-order valence-corrected chi connectivity index (χ2v) is 4.00. The topological polar surface area (TPSA) is 46.3 Å². The van der Waals surface area contributed by atoms with Crippen LogP contribution in [0.1, 0.15) is 11.3 Å². The average molecular weight is 230 g/mol. The quantitative estimate of drug-likeness (QED) is 0.805. The Hall–Kier alpha value is -2.10. The van der Waals surface area contributed by atoms with Gasteiger partial charge in [-0.15, -0.1) is 0 Å². The summed E-state index contributed by atoms with van der Waals surface area (Å²) in [6.07, 6.45) is 0.597. The molecule has 1 aromatic heterocycles. The Bertz CT molecular complexity index is 547. The Kier molecular flexibility index (Phi) is 3.23. The largest absolute Gasteiger partial charge is 0.430 e. The third-order valence-corrected chi connectivity index (χ3v) is 2.32. The van der Waals surface area contributed by atoms with E-state index in [9.17, 15) is 4.79 Å². The minimum atomic E-state index is -0.272. The van der Waals surface area contributed by atoms with Crippen LogP contribution in [-0.4, -0.2) is 19.1 Å². The summed E-state index contributed by atoms with van der Waals surface area (Å²) in [7, 11) is 3.58. The molecule has 0 unspecified atom stereocenters. The lowest BCUT2D eigenvalue weighted by atomic mass is 10.1. The molecule has 4 heteroatoms. The van der Waals surface area contributed by atoms with Crippen LogP contribution in [0.5, 0.6) is 0 Å². The van der Waals surface area contributed by atoms with Crippen LogP contribution >= 0.6 is 0 Å². The second kappa shape index (κ2) is 4.82. The van der Waals surface area contributed by atoms with E-state index in [0.29, 0.717) is 18.2 Å². The number of hydrogen-bond donors (Lipinski definition) is 0. The summed E-state index contributed by atoms with van der Waals surface area (Å²) in [5, 5.41) is 0. The zero-order valence-corrected chi connectivity index (χ0v) is 9.88. The highest BCUT2D eigenvalue weighted by Crippen LogP contribution is 2.11. The van der Waals surface area contributed by atoms with Crippen molar-refractivity contribution in [3.05, 3.63) is 58.1 Å². The molecule has 0 radical (unpaired) electrons. The molecule has 2 aromatic rings. The fourth-order valence-corrected chi connectivity index (χ4v) is 1.51. The molecule has 0 aliphatic carbocycles. The minimum absolute atomic E-state index is 0.272. The summed E-state index contributed by atoms with van der Waals surface area (Å²) in [5.41, 5.74) is 0.831. The van der Waals surface area contributed by atoms with E-state index in [1.54, 1.807) is 19.0 Å². The van der Waals surface area contributed by atoms with Gasteiger partial charge in [0.1, 0.15) is 5.76 Å². The summed E-state index contributed by atoms with van der Waals surface area (Å²) in [6, 6.07) is 11.6. The predicted octanol–water partition coefficient (Wildman–Crippen LogP) is 1.69. The van der Waals surface area contributed by atoms with Crippen LogP contribution in [-0.2, 0) is 6.42 Å². The third kappa shape index (κ3) is 2.93. The van der Waals surface area contributed by atoms with Gasteiger partial charge in [-0.3, -0.25) is 4.79 Å². The molecular weight excluding hydrogens is 216 g/mol. The minimum Gasteiger partial charge on any atom is -0.430 e. The second-order valence-electron chi connectivity index (χ2n) is 4.00. The maximum absolute atomic E-state index is 11.4. The molecule has 0 saturated carbocycles. The number of nitrogens with zero attached hydrogens (tertiary/aromatic N) is 2. The van der Waals surface area contributed by atoms with Crippen LogP contribution in [0.25, 0.3) is 0 Å². The highest BCUT2D eigenvalue weighted by molar-refractivity contribution is 5.25. The van der Waals surface area contributed by atoms with Crippen molar-refractivity contribution in [3.63, 3.8) is 0 Å². The zero-order valence-electron chi connectivity index (χ0n) is 9.88. The Morgan fingerprint density at radius 1 is 1.24 bits per heavy atom. The molecule has 0 spiro atoms. The van der Waals surface area contributed by atoms with E-state index in [1.807, 2.05) is 30.3 Å². The van der Waals surface area contributed by atoms with E-state index >= 15 is 0 Å². The van der Waals surface area contributed by atoms with E-state index in [4.69, 9.17) is 4.42 Å². The summed E-state index contributed by atoms with van der Waals surface area (Å²) in [5.74, 6) is 0.625. The van der Waals surface area contributed by atoms with Crippen LogP contribution in [0.2, 0.25) is 0 Å². The third-order valence-electron chi connectivity index (χ3n) is 2.32. The molecular formula is C13H14N2O2. The fraction of sp³-hybridized carbons (Fsp3) is 0.231. The Balaban J connectivity index is 2.30. The molecule has 0 fully saturated rings. The first kappa shape index (κ1) is 11.4. The Morgan fingerprint density at radius 3 is 2.59 bits per heavy atom. The molecule has 0 amide bonds. The molecule has 1 aromatic carbocycles. The molecule has 17 heavy (non-hydrogen) atoms. The smallest absolute Gasteiger partial charge is 0.300 e. The molecule has 4 nitrogen and oxygen atoms in total. The van der Waals surface area contributed by atoms with Gasteiger partial charge in [0.15, 0.2) is 0 Å². The Labute approximate surface area is 99.5 Å². The standard InChI is InChI=1S/C13H14N2O2/c1-15(2)13-14-12(16)9-11(17-13)8-10-6-4-3-5-7-10/h3-7,9H,8H2,1-2H3. The summed E-state index contributed by atoms with van der Waals surface area (Å²) < 4.78 is 5.54. The number of benzene rings is 1. The molecule has 0 aliphatic heterocycles. The van der Waals surface area contributed by atoms with E-state index < -0.39 is 0 Å². The van der Waals surface area contributed by atoms with Crippen LogP contribution in [0.4, 0.5) is 6.01 Å². The van der Waals surface area contributed by atoms with Gasteiger partial charge in [-0.25, -0.2) is 0 Å². The molecule has 0 bridgehead atoms. The van der Waals surface area contributed by atoms with E-state index in [1.165, 1.54) is 6.07 Å². The fourth-order valence-electron chi connectivity index (χ4n) is 1.51. The Morgan fingerprint density at radius 2 is 1.94 bits per heavy atom. The van der Waals surface area contributed by atoms with Crippen LogP contribution in [0.15, 0.2) is 45.6 Å². The van der Waals surface area contributed by atoms with Crippen LogP contribution in [0.3, 0.4) is 0 Å². The van der Waals surface area contributed by atoms with Gasteiger partial charge >= 0.3 is 0 Å². The van der Waals surface area contributed by atoms with Crippen molar-refractivity contribution in [2.45, 2.75) is 6.42 Å². The van der Waals surface area contributed by atoms with Crippen molar-refractivity contribution >= 4 is 6.01 Å². The number of rotatable bonds is 3. The van der Waals surface area contributed by atoms with Crippen LogP contribution in [0, 0.1) is 0 Å². The monoisotopic (exact) mass is 230 g/mol. The van der Waals surface area contributed by atoms with Crippen molar-refractivity contribution < 1.29 is 4.42 Å². The first-order chi connectivity index (χ1) is 8.15. The highest BCUT2D eigenvalue weighted by Gasteiger charge is 2.06. The highest BCUT2D eigenvalue weighted by atomic mass is 16.4. The zero-order chi connectivity index (χ0) is 12.3. The molecule has 2 rings (SSSR count). The lowest BCUT2D eigenvalue weighted by Crippen LogP contribution is -2.16. The molecule has 0 N–H and O–H groups in total. The van der Waals surface area contributed by atoms with Crippen molar-refractivity contribution in [2.24, 2.45) is 0 Å². The van der Waals surface area contributed by atoms with E-state index in [-0.39, 0.29) is 5.56 Å². The summed E-state index contributed by atoms with van der Waals surface area (Å²) in [4.78, 5) is 16.9. The van der Waals surface area contributed by atoms with Crippen molar-refractivity contribution in [2.75, 3.05) is 19.0 Å². The van der Waals surface area contributed by atoms with Crippen molar-refractivity contribution in [3.8, 4) is 0 Å². The van der Waals surface area contributed by atoms with Gasteiger partial charge in [0.2, 0.25) is 0 Å². The molecule has 0 atom stereocenters. The van der Waals surface area contributed by atoms with Gasteiger partial charge in [-0.1, -0.05) is 30.3 Å². The number of anilines is 1. The van der Waals surface area contributed by atoms with Gasteiger partial charge < -0.3 is 9.32 Å². The SMILES string of the molecule is CN(C)c1nc(=O)cc(Cc2ccccc2)o1. The van der Waals surface area contributed by atoms with Crippen LogP contribution < -0.4 is 10.5 Å². The normalized spacial score (nSPS) is 10.2. The first-order valence-corrected chi connectivity index (χ1v) is 5.37. The molecule has 88 valence electrons. The summed E-state index contributed by atoms with van der Waals surface area (Å²) in [6.45, 7) is 0. The van der Waals surface area contributed by atoms with Gasteiger partial charge in [0.25, 0.3) is 11.6 Å². The number of hydrogen-bond acceptors (Lipinski definition) is 4. The van der Waals surface area contributed by atoms with Crippen molar-refractivity contribution in [1.29, 1.82) is 0 Å². The van der Waals surface area contributed by atoms with E-state index in [2.05, 4.69) is 4.98 Å². The molecule has 0 saturated heterocycles. The predicted molar refractivity (Wildman–Crippen MR) is 66.3 cm³/mol. The lowest BCUT2D eigenvalue weighted by molar-refractivity contribution is 0.483. The van der Waals surface area contributed by atoms with Crippen molar-refractivity contribution in [1.82, 2.24) is 4.98 Å². The average Bonchev–Trinajstić information content (AvgIpc) is 2.29. The first-order valence-electron chi connectivity index (χ1n) is 5.37. The maximum atomic E-state index is 11.4. The lowest BCUT2D eigenvalue weighted by Gasteiger charge is -2.09. The molecule has 1 heterocycles.